The largest absolute Gasteiger partial charge is 0.373 e. The summed E-state index contributed by atoms with van der Waals surface area (Å²) in [6, 6.07) is 3.13. The van der Waals surface area contributed by atoms with Gasteiger partial charge in [-0.25, -0.2) is 9.36 Å². The quantitative estimate of drug-likeness (QED) is 0.273. The van der Waals surface area contributed by atoms with Crippen molar-refractivity contribution in [2.45, 2.75) is 139 Å². The van der Waals surface area contributed by atoms with Crippen LogP contribution in [0.2, 0.25) is 0 Å². The Morgan fingerprint density at radius 2 is 1.00 bits per heavy atom. The first-order valence-electron chi connectivity index (χ1n) is 14.0. The summed E-state index contributed by atoms with van der Waals surface area (Å²) in [5, 5.41) is 20.2. The number of rotatable bonds is 12. The van der Waals surface area contributed by atoms with Gasteiger partial charge in [0.25, 0.3) is 0 Å². The summed E-state index contributed by atoms with van der Waals surface area (Å²) in [5.74, 6) is 0. The summed E-state index contributed by atoms with van der Waals surface area (Å²) in [6.45, 7) is 26.4. The molecule has 11 nitrogen and oxygen atoms in total. The monoisotopic (exact) mass is 548 g/mol. The predicted molar refractivity (Wildman–Crippen MR) is 153 cm³/mol. The molecule has 11 heteroatoms. The summed E-state index contributed by atoms with van der Waals surface area (Å²) in [5.41, 5.74) is 2.92. The highest BCUT2D eigenvalue weighted by molar-refractivity contribution is 4.99. The molecule has 39 heavy (non-hydrogen) atoms. The Hall–Kier alpha value is -2.63. The van der Waals surface area contributed by atoms with Crippen LogP contribution in [0.4, 0.5) is 0 Å². The van der Waals surface area contributed by atoms with E-state index in [-0.39, 0.29) is 18.3 Å². The molecule has 0 N–H and O–H groups in total. The maximum atomic E-state index is 5.52. The van der Waals surface area contributed by atoms with Gasteiger partial charge in [-0.05, 0) is 89.2 Å². The van der Waals surface area contributed by atoms with E-state index in [9.17, 15) is 0 Å². The molecule has 0 radical (unpaired) electrons. The summed E-state index contributed by atoms with van der Waals surface area (Å²) in [4.78, 5) is 0. The fourth-order valence-electron chi connectivity index (χ4n) is 2.94. The lowest BCUT2D eigenvalue weighted by Crippen LogP contribution is -2.10. The molecule has 0 unspecified atom stereocenters. The van der Waals surface area contributed by atoms with Gasteiger partial charge in [0.05, 0.1) is 56.2 Å². The van der Waals surface area contributed by atoms with Crippen molar-refractivity contribution in [1.82, 2.24) is 39.8 Å². The van der Waals surface area contributed by atoms with Crippen molar-refractivity contribution >= 4 is 0 Å². The van der Waals surface area contributed by atoms with E-state index in [1.54, 1.807) is 0 Å². The molecular formula is C28H52N8O3. The highest BCUT2D eigenvalue weighted by Crippen LogP contribution is 2.10. The summed E-state index contributed by atoms with van der Waals surface area (Å²) in [6.07, 6.45) is 6.42. The molecule has 222 valence electrons. The standard InChI is InChI=1S/C10H18N2O.2C9H17N3O/c1-8(2)12-10(5-6-11-12)7-13-9(3)4;2*1-7(2)12-5-9(10-11-12)6-13-8(3)4/h5-6,8-9H,7H2,1-4H3;2*5,7-8H,6H2,1-4H3. The second-order valence-electron chi connectivity index (χ2n) is 11.0. The molecule has 0 aliphatic rings. The molecule has 0 aliphatic carbocycles. The van der Waals surface area contributed by atoms with Gasteiger partial charge < -0.3 is 14.2 Å². The van der Waals surface area contributed by atoms with Crippen LogP contribution >= 0.6 is 0 Å². The Balaban J connectivity index is 0.000000292. The molecule has 3 rings (SSSR count). The van der Waals surface area contributed by atoms with Gasteiger partial charge >= 0.3 is 0 Å². The van der Waals surface area contributed by atoms with E-state index in [1.807, 2.05) is 80.2 Å². The summed E-state index contributed by atoms with van der Waals surface area (Å²) in [7, 11) is 0. The van der Waals surface area contributed by atoms with Gasteiger partial charge in [0.15, 0.2) is 0 Å². The van der Waals surface area contributed by atoms with Crippen molar-refractivity contribution in [1.29, 1.82) is 0 Å². The fraction of sp³-hybridized carbons (Fsp3) is 0.750. The van der Waals surface area contributed by atoms with Crippen LogP contribution in [-0.2, 0) is 34.0 Å². The third kappa shape index (κ3) is 14.4. The lowest BCUT2D eigenvalue weighted by Gasteiger charge is -2.12. The van der Waals surface area contributed by atoms with Gasteiger partial charge in [-0.3, -0.25) is 4.68 Å². The lowest BCUT2D eigenvalue weighted by molar-refractivity contribution is 0.0605. The van der Waals surface area contributed by atoms with Gasteiger partial charge in [0.1, 0.15) is 11.4 Å². The highest BCUT2D eigenvalue weighted by Gasteiger charge is 2.07. The SMILES string of the molecule is CC(C)OCc1ccnn1C(C)C.CC(C)OCc1cn(C(C)C)nn1.CC(C)OCc1cn(C(C)C)nn1. The van der Waals surface area contributed by atoms with Crippen LogP contribution in [0.1, 0.15) is 118 Å². The molecule has 0 aromatic carbocycles. The molecule has 0 atom stereocenters. The first kappa shape index (κ1) is 34.4. The number of nitrogens with zero attached hydrogens (tertiary/aromatic N) is 8. The molecule has 3 heterocycles. The van der Waals surface area contributed by atoms with Gasteiger partial charge in [0, 0.05) is 24.3 Å². The van der Waals surface area contributed by atoms with Crippen molar-refractivity contribution in [3.63, 3.8) is 0 Å². The number of hydrogen-bond donors (Lipinski definition) is 0. The molecule has 0 saturated heterocycles. The zero-order valence-corrected chi connectivity index (χ0v) is 26.2. The van der Waals surface area contributed by atoms with Crippen molar-refractivity contribution in [3.8, 4) is 0 Å². The lowest BCUT2D eigenvalue weighted by atomic mass is 10.3. The van der Waals surface area contributed by atoms with Crippen molar-refractivity contribution < 1.29 is 14.2 Å². The van der Waals surface area contributed by atoms with E-state index in [4.69, 9.17) is 14.2 Å². The first-order chi connectivity index (χ1) is 18.3. The Morgan fingerprint density at radius 3 is 1.33 bits per heavy atom. The number of aromatic nitrogens is 8. The van der Waals surface area contributed by atoms with E-state index >= 15 is 0 Å². The van der Waals surface area contributed by atoms with Crippen molar-refractivity contribution in [2.24, 2.45) is 0 Å². The predicted octanol–water partition coefficient (Wildman–Crippen LogP) is 5.96. The smallest absolute Gasteiger partial charge is 0.108 e. The minimum Gasteiger partial charge on any atom is -0.373 e. The van der Waals surface area contributed by atoms with Crippen LogP contribution in [0.5, 0.6) is 0 Å². The van der Waals surface area contributed by atoms with Crippen LogP contribution in [0.25, 0.3) is 0 Å². The van der Waals surface area contributed by atoms with Gasteiger partial charge in [-0.1, -0.05) is 10.4 Å². The minimum atomic E-state index is 0.240. The molecule has 0 amide bonds. The van der Waals surface area contributed by atoms with E-state index in [0.29, 0.717) is 37.9 Å². The van der Waals surface area contributed by atoms with Gasteiger partial charge in [-0.2, -0.15) is 5.10 Å². The summed E-state index contributed by atoms with van der Waals surface area (Å²) < 4.78 is 22.0. The zero-order chi connectivity index (χ0) is 29.5. The average molecular weight is 549 g/mol. The Kier molecular flexibility index (Phi) is 15.8. The third-order valence-electron chi connectivity index (χ3n) is 5.11. The van der Waals surface area contributed by atoms with Crippen LogP contribution in [0.15, 0.2) is 24.7 Å². The summed E-state index contributed by atoms with van der Waals surface area (Å²) >= 11 is 0. The molecule has 0 fully saturated rings. The third-order valence-corrected chi connectivity index (χ3v) is 5.11. The molecule has 0 saturated carbocycles. The van der Waals surface area contributed by atoms with Crippen LogP contribution in [-0.4, -0.2) is 58.1 Å². The van der Waals surface area contributed by atoms with Crippen molar-refractivity contribution in [2.75, 3.05) is 0 Å². The van der Waals surface area contributed by atoms with Gasteiger partial charge in [0.2, 0.25) is 0 Å². The minimum absolute atomic E-state index is 0.240. The maximum Gasteiger partial charge on any atom is 0.108 e. The zero-order valence-electron chi connectivity index (χ0n) is 26.2. The normalized spacial score (nSPS) is 11.5. The topological polar surface area (TPSA) is 107 Å². The Morgan fingerprint density at radius 1 is 0.590 bits per heavy atom. The second kappa shape index (κ2) is 17.9. The first-order valence-corrected chi connectivity index (χ1v) is 14.0. The Labute approximate surface area is 235 Å². The van der Waals surface area contributed by atoms with E-state index in [1.165, 1.54) is 0 Å². The van der Waals surface area contributed by atoms with Crippen LogP contribution in [0, 0.1) is 0 Å². The molecule has 0 aliphatic heterocycles. The molecule has 0 bridgehead atoms. The van der Waals surface area contributed by atoms with Gasteiger partial charge in [-0.15, -0.1) is 10.2 Å². The highest BCUT2D eigenvalue weighted by atomic mass is 16.5. The van der Waals surface area contributed by atoms with E-state index in [0.717, 1.165) is 17.1 Å². The number of ether oxygens (including phenoxy) is 3. The maximum absolute atomic E-state index is 5.52. The molecule has 3 aromatic heterocycles. The van der Waals surface area contributed by atoms with Crippen molar-refractivity contribution in [3.05, 3.63) is 41.7 Å². The number of hydrogen-bond acceptors (Lipinski definition) is 8. The Bertz CT molecular complexity index is 967. The fourth-order valence-corrected chi connectivity index (χ4v) is 2.94. The molecular weight excluding hydrogens is 496 g/mol. The van der Waals surface area contributed by atoms with E-state index in [2.05, 4.69) is 67.3 Å². The molecule has 0 spiro atoms. The van der Waals surface area contributed by atoms with Crippen LogP contribution in [0.3, 0.4) is 0 Å². The van der Waals surface area contributed by atoms with E-state index < -0.39 is 0 Å². The van der Waals surface area contributed by atoms with Crippen LogP contribution < -0.4 is 0 Å². The second-order valence-corrected chi connectivity index (χ2v) is 11.0. The molecule has 3 aromatic rings. The average Bonchev–Trinajstić information content (AvgIpc) is 3.61.